The Bertz CT molecular complexity index is 3470. The Labute approximate surface area is 660 Å². The molecule has 6 aliphatic rings. The summed E-state index contributed by atoms with van der Waals surface area (Å²) in [5, 5.41) is 0. The summed E-state index contributed by atoms with van der Waals surface area (Å²) < 4.78 is 17.7. The molecule has 11 rings (SSSR count). The zero-order valence-corrected chi connectivity index (χ0v) is 75.3. The van der Waals surface area contributed by atoms with Gasteiger partial charge in [0.2, 0.25) is 0 Å². The summed E-state index contributed by atoms with van der Waals surface area (Å²) in [6.45, 7) is 56.6. The zero-order chi connectivity index (χ0) is 71.0. The molecule has 0 aliphatic carbocycles. The van der Waals surface area contributed by atoms with E-state index < -0.39 is 0 Å². The van der Waals surface area contributed by atoms with Crippen molar-refractivity contribution in [1.29, 1.82) is 0 Å². The summed E-state index contributed by atoms with van der Waals surface area (Å²) in [5.74, 6) is 7.91. The molecular formula is C82H102S16. The molecule has 16 heteroatoms. The largest absolute Gasteiger partial charge is 0.112 e. The molecule has 0 saturated carbocycles. The Kier molecular flexibility index (Phi) is 25.1. The first-order valence-corrected chi connectivity index (χ1v) is 48.5. The highest BCUT2D eigenvalue weighted by molar-refractivity contribution is 8.46. The standard InChI is InChI=1S/C82H102S16/c1-75(2,3)55-25-47(26-56(35-55)76(4,5)6)39-83-63-64(84-40-48-27-57(77(7,8)9)36-58(28-48)78(10,11)12)92-71(91-63)73-95-67-68(96-73)88-44-52-34-54-46-90-70-69(89-45-53(54)33-51(52)43-87-67)97-74(98-70)72-93-65(85-41-49-29-59(79(13,14)15)37-60(30-49)80(16,17)18)66(94-72)86-42-50-31-61(81(19,20)21)38-62(32-50)82(22,23)24/h25-38H,39-46H2,1-24H3. The molecule has 526 valence electrons. The third kappa shape index (κ3) is 20.1. The van der Waals surface area contributed by atoms with Crippen LogP contribution >= 0.6 is 188 Å². The highest BCUT2D eigenvalue weighted by atomic mass is 32.3. The summed E-state index contributed by atoms with van der Waals surface area (Å²) in [6.07, 6.45) is 0. The maximum Gasteiger partial charge on any atom is 0.0717 e. The summed E-state index contributed by atoms with van der Waals surface area (Å²) in [4.78, 5) is 0. The van der Waals surface area contributed by atoms with Crippen LogP contribution in [0, 0.1) is 0 Å². The molecule has 98 heavy (non-hydrogen) atoms. The van der Waals surface area contributed by atoms with Gasteiger partial charge in [0.25, 0.3) is 0 Å². The van der Waals surface area contributed by atoms with Gasteiger partial charge >= 0.3 is 0 Å². The lowest BCUT2D eigenvalue weighted by Gasteiger charge is -2.26. The number of fused-ring (bicyclic) bond motifs is 2. The maximum absolute atomic E-state index is 2.62. The fourth-order valence-corrected chi connectivity index (χ4v) is 35.0. The third-order valence-corrected chi connectivity index (χ3v) is 41.4. The first-order valence-electron chi connectivity index (χ1n) is 34.1. The molecule has 0 saturated heterocycles. The van der Waals surface area contributed by atoms with Crippen LogP contribution in [-0.4, -0.2) is 0 Å². The SMILES string of the molecule is CC(C)(C)c1cc(CSC2=C(SCc3cc(C(C)(C)C)cc(C(C)(C)C)c3)SC(=C3SC4=C(SCc5cc6c(cc5CS4)CSC4=C(SC6)SC(=C5SC(SCc6cc(C(C)(C)C)cc(C(C)(C)C)c6)=C(SCc6cc(C(C)(C)C)cc(C(C)(C)C)c6)S5)S4)S3)S2)cc(C(C)(C)C)c1. The van der Waals surface area contributed by atoms with Crippen LogP contribution in [0.5, 0.6) is 0 Å². The minimum Gasteiger partial charge on any atom is -0.112 e. The Morgan fingerprint density at radius 1 is 0.214 bits per heavy atom. The van der Waals surface area contributed by atoms with E-state index in [1.807, 2.05) is 94.1 Å². The molecule has 0 atom stereocenters. The molecule has 0 amide bonds. The van der Waals surface area contributed by atoms with Crippen LogP contribution in [0.2, 0.25) is 0 Å². The van der Waals surface area contributed by atoms with Crippen LogP contribution in [0.3, 0.4) is 0 Å². The average molecular weight is 1600 g/mol. The van der Waals surface area contributed by atoms with Crippen molar-refractivity contribution in [2.75, 3.05) is 0 Å². The zero-order valence-electron chi connectivity index (χ0n) is 62.3. The first kappa shape index (κ1) is 79.2. The molecule has 6 heterocycles. The van der Waals surface area contributed by atoms with Gasteiger partial charge in [-0.2, -0.15) is 0 Å². The lowest BCUT2D eigenvalue weighted by Crippen LogP contribution is -2.17. The van der Waals surface area contributed by atoms with Gasteiger partial charge in [0.1, 0.15) is 0 Å². The van der Waals surface area contributed by atoms with Crippen molar-refractivity contribution in [3.63, 3.8) is 0 Å². The van der Waals surface area contributed by atoms with E-state index in [-0.39, 0.29) is 43.3 Å². The molecule has 0 spiro atoms. The normalized spacial score (nSPS) is 18.0. The second kappa shape index (κ2) is 31.0. The van der Waals surface area contributed by atoms with E-state index in [9.17, 15) is 0 Å². The Balaban J connectivity index is 0.785. The number of benzene rings is 5. The average Bonchev–Trinajstić information content (AvgIpc) is 1.40. The van der Waals surface area contributed by atoms with Gasteiger partial charge in [-0.1, -0.05) is 345 Å². The van der Waals surface area contributed by atoms with Gasteiger partial charge in [-0.15, -0.1) is 94.1 Å². The summed E-state index contributed by atoms with van der Waals surface area (Å²) >= 11 is 32.9. The molecule has 6 aliphatic heterocycles. The second-order valence-electron chi connectivity index (χ2n) is 34.6. The fourth-order valence-electron chi connectivity index (χ4n) is 11.2. The third-order valence-electron chi connectivity index (χ3n) is 17.8. The fraction of sp³-hybridized carbons (Fsp3) is 0.488. The van der Waals surface area contributed by atoms with Gasteiger partial charge in [0, 0.05) is 46.0 Å². The van der Waals surface area contributed by atoms with E-state index in [1.54, 1.807) is 0 Å². The molecule has 5 aromatic rings. The van der Waals surface area contributed by atoms with Gasteiger partial charge in [0.05, 0.1) is 50.8 Å². The smallest absolute Gasteiger partial charge is 0.0717 e. The van der Waals surface area contributed by atoms with Crippen molar-refractivity contribution in [2.24, 2.45) is 0 Å². The summed E-state index contributed by atoms with van der Waals surface area (Å²) in [5.41, 5.74) is 23.9. The van der Waals surface area contributed by atoms with E-state index in [4.69, 9.17) is 0 Å². The molecule has 0 aromatic heterocycles. The number of thioether (sulfide) groups is 16. The summed E-state index contributed by atoms with van der Waals surface area (Å²) in [6, 6.07) is 35.0. The highest BCUT2D eigenvalue weighted by Gasteiger charge is 2.36. The quantitative estimate of drug-likeness (QED) is 0.116. The van der Waals surface area contributed by atoms with E-state index in [2.05, 4.69) is 345 Å². The maximum atomic E-state index is 2.62. The van der Waals surface area contributed by atoms with Crippen LogP contribution in [0.4, 0.5) is 0 Å². The van der Waals surface area contributed by atoms with Crippen LogP contribution in [0.1, 0.15) is 255 Å². The monoisotopic (exact) mass is 1600 g/mol. The molecular weight excluding hydrogens is 1500 g/mol. The molecule has 0 fully saturated rings. The molecule has 5 aromatic carbocycles. The first-order chi connectivity index (χ1) is 45.5. The van der Waals surface area contributed by atoms with Crippen molar-refractivity contribution in [3.05, 3.63) is 225 Å². The molecule has 0 N–H and O–H groups in total. The van der Waals surface area contributed by atoms with E-state index >= 15 is 0 Å². The van der Waals surface area contributed by atoms with Crippen molar-refractivity contribution >= 4 is 188 Å². The predicted octanol–water partition coefficient (Wildman–Crippen LogP) is 31.4. The van der Waals surface area contributed by atoms with Crippen molar-refractivity contribution < 1.29 is 0 Å². The molecule has 0 bridgehead atoms. The number of hydrogen-bond donors (Lipinski definition) is 0. The predicted molar refractivity (Wildman–Crippen MR) is 475 cm³/mol. The van der Waals surface area contributed by atoms with Gasteiger partial charge in [-0.25, -0.2) is 0 Å². The van der Waals surface area contributed by atoms with Crippen molar-refractivity contribution in [3.8, 4) is 0 Å². The van der Waals surface area contributed by atoms with Gasteiger partial charge in [-0.05, 0) is 132 Å². The topological polar surface area (TPSA) is 0 Å². The van der Waals surface area contributed by atoms with E-state index in [1.165, 1.54) is 140 Å². The molecule has 0 unspecified atom stereocenters. The highest BCUT2D eigenvalue weighted by Crippen LogP contribution is 2.69. The second-order valence-corrected chi connectivity index (χ2v) is 53.8. The molecule has 0 radical (unpaired) electrons. The van der Waals surface area contributed by atoms with E-state index in [0.717, 1.165) is 46.0 Å². The summed E-state index contributed by atoms with van der Waals surface area (Å²) in [7, 11) is 0. The minimum absolute atomic E-state index is 0.0818. The Morgan fingerprint density at radius 3 is 0.541 bits per heavy atom. The van der Waals surface area contributed by atoms with Crippen LogP contribution < -0.4 is 0 Å². The Morgan fingerprint density at radius 2 is 0.378 bits per heavy atom. The van der Waals surface area contributed by atoms with Crippen LogP contribution in [0.25, 0.3) is 0 Å². The Hall–Kier alpha value is 0.140. The molecule has 0 nitrogen and oxygen atoms in total. The van der Waals surface area contributed by atoms with Crippen LogP contribution in [-0.2, 0) is 89.3 Å². The lowest BCUT2D eigenvalue weighted by atomic mass is 9.80. The number of hydrogen-bond acceptors (Lipinski definition) is 16. The van der Waals surface area contributed by atoms with Crippen molar-refractivity contribution in [1.82, 2.24) is 0 Å². The lowest BCUT2D eigenvalue weighted by molar-refractivity contribution is 0.567. The van der Waals surface area contributed by atoms with Gasteiger partial charge < -0.3 is 0 Å². The minimum atomic E-state index is 0.0818. The van der Waals surface area contributed by atoms with E-state index in [0.29, 0.717) is 0 Å². The number of rotatable bonds is 12. The van der Waals surface area contributed by atoms with Gasteiger partial charge in [0.15, 0.2) is 0 Å². The van der Waals surface area contributed by atoms with Gasteiger partial charge in [-0.3, -0.25) is 0 Å². The van der Waals surface area contributed by atoms with Crippen molar-refractivity contribution in [2.45, 2.75) is 256 Å². The van der Waals surface area contributed by atoms with Crippen LogP contribution in [0.15, 0.2) is 136 Å².